The van der Waals surface area contributed by atoms with E-state index in [-0.39, 0.29) is 5.60 Å². The third-order valence-electron chi connectivity index (χ3n) is 4.43. The number of likely N-dealkylation sites (tertiary alicyclic amines) is 1. The molecule has 1 N–H and O–H groups in total. The molecule has 0 aromatic rings. The zero-order valence-electron chi connectivity index (χ0n) is 12.8. The first-order chi connectivity index (χ1) is 8.28. The molecular weight excluding hydrogens is 226 g/mol. The second kappa shape index (κ2) is 6.36. The Morgan fingerprint density at radius 1 is 1.28 bits per heavy atom. The van der Waals surface area contributed by atoms with Crippen molar-refractivity contribution in [1.82, 2.24) is 4.90 Å². The van der Waals surface area contributed by atoms with Crippen LogP contribution in [0.5, 0.6) is 0 Å². The SMILES string of the molecule is COC(C)(C)CCC1(O)CCCN(C(C)C)CC1. The van der Waals surface area contributed by atoms with Crippen LogP contribution in [0.2, 0.25) is 0 Å². The lowest BCUT2D eigenvalue weighted by Gasteiger charge is -2.32. The first-order valence-electron chi connectivity index (χ1n) is 7.30. The molecule has 0 spiro atoms. The highest BCUT2D eigenvalue weighted by molar-refractivity contribution is 4.86. The van der Waals surface area contributed by atoms with Crippen LogP contribution in [-0.2, 0) is 4.74 Å². The van der Waals surface area contributed by atoms with Crippen molar-refractivity contribution in [3.05, 3.63) is 0 Å². The van der Waals surface area contributed by atoms with Crippen LogP contribution in [0.3, 0.4) is 0 Å². The van der Waals surface area contributed by atoms with Gasteiger partial charge >= 0.3 is 0 Å². The largest absolute Gasteiger partial charge is 0.390 e. The summed E-state index contributed by atoms with van der Waals surface area (Å²) in [5.74, 6) is 0. The third-order valence-corrected chi connectivity index (χ3v) is 4.43. The number of ether oxygens (including phenoxy) is 1. The minimum atomic E-state index is -0.487. The molecule has 0 aromatic heterocycles. The lowest BCUT2D eigenvalue weighted by atomic mass is 9.86. The van der Waals surface area contributed by atoms with Crippen LogP contribution < -0.4 is 0 Å². The number of hydrogen-bond donors (Lipinski definition) is 1. The van der Waals surface area contributed by atoms with E-state index in [9.17, 15) is 5.11 Å². The topological polar surface area (TPSA) is 32.7 Å². The summed E-state index contributed by atoms with van der Waals surface area (Å²) in [5, 5.41) is 10.7. The average Bonchev–Trinajstić information content (AvgIpc) is 2.50. The number of hydrogen-bond acceptors (Lipinski definition) is 3. The summed E-state index contributed by atoms with van der Waals surface area (Å²) in [4.78, 5) is 2.47. The Morgan fingerprint density at radius 2 is 1.94 bits per heavy atom. The Kier molecular flexibility index (Phi) is 5.63. The molecule has 3 nitrogen and oxygen atoms in total. The van der Waals surface area contributed by atoms with Gasteiger partial charge in [0.2, 0.25) is 0 Å². The van der Waals surface area contributed by atoms with Crippen LogP contribution in [0.25, 0.3) is 0 Å². The summed E-state index contributed by atoms with van der Waals surface area (Å²) in [6.07, 6.45) is 4.69. The van der Waals surface area contributed by atoms with Gasteiger partial charge in [-0.05, 0) is 66.3 Å². The van der Waals surface area contributed by atoms with E-state index in [1.54, 1.807) is 7.11 Å². The quantitative estimate of drug-likeness (QED) is 0.822. The van der Waals surface area contributed by atoms with E-state index < -0.39 is 5.60 Å². The molecule has 0 bridgehead atoms. The second-order valence-electron chi connectivity index (χ2n) is 6.67. The molecule has 1 saturated heterocycles. The van der Waals surface area contributed by atoms with Crippen molar-refractivity contribution in [2.45, 2.75) is 77.0 Å². The van der Waals surface area contributed by atoms with Gasteiger partial charge in [0.1, 0.15) is 0 Å². The molecule has 0 amide bonds. The molecule has 1 atom stereocenters. The van der Waals surface area contributed by atoms with Crippen LogP contribution in [0, 0.1) is 0 Å². The van der Waals surface area contributed by atoms with Gasteiger partial charge in [-0.3, -0.25) is 0 Å². The van der Waals surface area contributed by atoms with Crippen molar-refractivity contribution in [2.24, 2.45) is 0 Å². The van der Waals surface area contributed by atoms with Crippen molar-refractivity contribution in [2.75, 3.05) is 20.2 Å². The molecule has 0 saturated carbocycles. The van der Waals surface area contributed by atoms with Crippen molar-refractivity contribution >= 4 is 0 Å². The summed E-state index contributed by atoms with van der Waals surface area (Å²) in [6, 6.07) is 0.586. The zero-order chi connectivity index (χ0) is 13.8. The molecule has 3 heteroatoms. The molecule has 1 aliphatic rings. The first kappa shape index (κ1) is 15.9. The van der Waals surface area contributed by atoms with Gasteiger partial charge in [-0.2, -0.15) is 0 Å². The molecule has 1 aliphatic heterocycles. The summed E-state index contributed by atoms with van der Waals surface area (Å²) in [7, 11) is 1.75. The summed E-state index contributed by atoms with van der Waals surface area (Å²) in [6.45, 7) is 10.8. The minimum absolute atomic E-state index is 0.125. The summed E-state index contributed by atoms with van der Waals surface area (Å²) >= 11 is 0. The van der Waals surface area contributed by atoms with Crippen LogP contribution in [-0.4, -0.2) is 47.4 Å². The Morgan fingerprint density at radius 3 is 2.50 bits per heavy atom. The minimum Gasteiger partial charge on any atom is -0.390 e. The molecule has 1 fully saturated rings. The van der Waals surface area contributed by atoms with Gasteiger partial charge in [-0.25, -0.2) is 0 Å². The van der Waals surface area contributed by atoms with Crippen LogP contribution in [0.1, 0.15) is 59.8 Å². The highest BCUT2D eigenvalue weighted by Gasteiger charge is 2.32. The molecule has 0 aromatic carbocycles. The van der Waals surface area contributed by atoms with Crippen LogP contribution in [0.15, 0.2) is 0 Å². The van der Waals surface area contributed by atoms with Crippen LogP contribution >= 0.6 is 0 Å². The van der Waals surface area contributed by atoms with E-state index in [4.69, 9.17) is 4.74 Å². The van der Waals surface area contributed by atoms with E-state index in [1.165, 1.54) is 0 Å². The molecule has 18 heavy (non-hydrogen) atoms. The van der Waals surface area contributed by atoms with Gasteiger partial charge in [0.05, 0.1) is 11.2 Å². The Balaban J connectivity index is 2.49. The lowest BCUT2D eigenvalue weighted by Crippen LogP contribution is -2.36. The van der Waals surface area contributed by atoms with Gasteiger partial charge < -0.3 is 14.7 Å². The van der Waals surface area contributed by atoms with Gasteiger partial charge in [0.25, 0.3) is 0 Å². The number of methoxy groups -OCH3 is 1. The number of aliphatic hydroxyl groups is 1. The molecule has 1 heterocycles. The van der Waals surface area contributed by atoms with Crippen molar-refractivity contribution in [3.8, 4) is 0 Å². The monoisotopic (exact) mass is 257 g/mol. The Labute approximate surface area is 113 Å². The molecular formula is C15H31NO2. The maximum absolute atomic E-state index is 10.7. The van der Waals surface area contributed by atoms with E-state index in [1.807, 2.05) is 0 Å². The predicted molar refractivity (Wildman–Crippen MR) is 75.8 cm³/mol. The maximum atomic E-state index is 10.7. The Bertz CT molecular complexity index is 253. The van der Waals surface area contributed by atoms with Gasteiger partial charge in [0, 0.05) is 19.7 Å². The van der Waals surface area contributed by atoms with Gasteiger partial charge in [-0.15, -0.1) is 0 Å². The van der Waals surface area contributed by atoms with Crippen molar-refractivity contribution in [3.63, 3.8) is 0 Å². The zero-order valence-corrected chi connectivity index (χ0v) is 12.8. The molecule has 1 rings (SSSR count). The highest BCUT2D eigenvalue weighted by atomic mass is 16.5. The third kappa shape index (κ3) is 4.87. The number of rotatable bonds is 5. The summed E-state index contributed by atoms with van der Waals surface area (Å²) in [5.41, 5.74) is -0.612. The average molecular weight is 257 g/mol. The van der Waals surface area contributed by atoms with Crippen LogP contribution in [0.4, 0.5) is 0 Å². The van der Waals surface area contributed by atoms with E-state index in [0.29, 0.717) is 6.04 Å². The molecule has 108 valence electrons. The van der Waals surface area contributed by atoms with E-state index in [2.05, 4.69) is 32.6 Å². The lowest BCUT2D eigenvalue weighted by molar-refractivity contribution is -0.0324. The molecule has 1 unspecified atom stereocenters. The van der Waals surface area contributed by atoms with E-state index in [0.717, 1.165) is 45.2 Å². The van der Waals surface area contributed by atoms with Gasteiger partial charge in [0.15, 0.2) is 0 Å². The van der Waals surface area contributed by atoms with Gasteiger partial charge in [-0.1, -0.05) is 0 Å². The highest BCUT2D eigenvalue weighted by Crippen LogP contribution is 2.30. The summed E-state index contributed by atoms with van der Waals surface area (Å²) < 4.78 is 5.44. The standard InChI is InChI=1S/C15H31NO2/c1-13(2)16-11-6-7-15(17,10-12-16)9-8-14(3,4)18-5/h13,17H,6-12H2,1-5H3. The Hall–Kier alpha value is -0.120. The fourth-order valence-electron chi connectivity index (χ4n) is 2.60. The molecule has 0 aliphatic carbocycles. The predicted octanol–water partition coefficient (Wildman–Crippen LogP) is 2.82. The smallest absolute Gasteiger partial charge is 0.0661 e. The molecule has 0 radical (unpaired) electrons. The van der Waals surface area contributed by atoms with Crippen molar-refractivity contribution in [1.29, 1.82) is 0 Å². The second-order valence-corrected chi connectivity index (χ2v) is 6.67. The fourth-order valence-corrected chi connectivity index (χ4v) is 2.60. The maximum Gasteiger partial charge on any atom is 0.0661 e. The normalized spacial score (nSPS) is 27.5. The number of nitrogens with zero attached hydrogens (tertiary/aromatic N) is 1. The van der Waals surface area contributed by atoms with E-state index >= 15 is 0 Å². The fraction of sp³-hybridized carbons (Fsp3) is 1.00. The first-order valence-corrected chi connectivity index (χ1v) is 7.30. The van der Waals surface area contributed by atoms with Crippen molar-refractivity contribution < 1.29 is 9.84 Å².